The number of ether oxygens (including phenoxy) is 1. The molecule has 0 radical (unpaired) electrons. The first-order valence-corrected chi connectivity index (χ1v) is 6.57. The Bertz CT molecular complexity index is 775. The number of nitrogens with zero attached hydrogens (tertiary/aromatic N) is 1. The maximum Gasteiger partial charge on any atom is 0.140 e. The highest BCUT2D eigenvalue weighted by atomic mass is 35.5. The summed E-state index contributed by atoms with van der Waals surface area (Å²) in [6, 6.07) is 10.9. The largest absolute Gasteiger partial charge is 0.457 e. The molecule has 0 spiro atoms. The molecule has 5 heteroatoms. The lowest BCUT2D eigenvalue weighted by Crippen LogP contribution is -1.89. The molecule has 0 atom stereocenters. The number of rotatable bonds is 2. The van der Waals surface area contributed by atoms with Crippen LogP contribution in [0.25, 0.3) is 10.8 Å². The number of pyridine rings is 1. The minimum atomic E-state index is -0.321. The first-order chi connectivity index (χ1) is 9.65. The van der Waals surface area contributed by atoms with Crippen LogP contribution in [0.4, 0.5) is 4.39 Å². The minimum absolute atomic E-state index is 0.308. The fourth-order valence-electron chi connectivity index (χ4n) is 1.91. The average molecular weight is 308 g/mol. The van der Waals surface area contributed by atoms with Crippen molar-refractivity contribution in [3.63, 3.8) is 0 Å². The van der Waals surface area contributed by atoms with Gasteiger partial charge in [0.2, 0.25) is 0 Å². The zero-order chi connectivity index (χ0) is 14.1. The molecule has 0 unspecified atom stereocenters. The smallest absolute Gasteiger partial charge is 0.140 e. The van der Waals surface area contributed by atoms with E-state index in [0.29, 0.717) is 27.1 Å². The average Bonchev–Trinajstić information content (AvgIpc) is 2.45. The molecule has 0 aliphatic carbocycles. The normalized spacial score (nSPS) is 10.8. The zero-order valence-corrected chi connectivity index (χ0v) is 11.6. The predicted molar refractivity (Wildman–Crippen MR) is 78.2 cm³/mol. The molecule has 3 rings (SSSR count). The molecule has 0 amide bonds. The minimum Gasteiger partial charge on any atom is -0.457 e. The van der Waals surface area contributed by atoms with E-state index >= 15 is 0 Å². The van der Waals surface area contributed by atoms with Gasteiger partial charge in [0.25, 0.3) is 0 Å². The molecule has 1 heterocycles. The Morgan fingerprint density at radius 2 is 1.70 bits per heavy atom. The van der Waals surface area contributed by atoms with Gasteiger partial charge in [0, 0.05) is 16.6 Å². The van der Waals surface area contributed by atoms with Gasteiger partial charge in [0.1, 0.15) is 22.5 Å². The molecular formula is C15H8Cl2FNO. The van der Waals surface area contributed by atoms with E-state index in [-0.39, 0.29) is 5.82 Å². The summed E-state index contributed by atoms with van der Waals surface area (Å²) in [6.45, 7) is 0. The first kappa shape index (κ1) is 13.2. The zero-order valence-electron chi connectivity index (χ0n) is 10.1. The maximum absolute atomic E-state index is 12.9. The summed E-state index contributed by atoms with van der Waals surface area (Å²) in [5.41, 5.74) is 0. The van der Waals surface area contributed by atoms with Crippen molar-refractivity contribution in [2.45, 2.75) is 0 Å². The van der Waals surface area contributed by atoms with Gasteiger partial charge in [0.05, 0.1) is 5.39 Å². The second-order valence-electron chi connectivity index (χ2n) is 4.13. The van der Waals surface area contributed by atoms with Crippen molar-refractivity contribution in [1.29, 1.82) is 0 Å². The Kier molecular flexibility index (Phi) is 3.47. The second-order valence-corrected chi connectivity index (χ2v) is 4.89. The third-order valence-corrected chi connectivity index (χ3v) is 3.45. The van der Waals surface area contributed by atoms with Crippen LogP contribution in [0.15, 0.2) is 48.7 Å². The van der Waals surface area contributed by atoms with Crippen LogP contribution >= 0.6 is 23.2 Å². The van der Waals surface area contributed by atoms with Crippen molar-refractivity contribution < 1.29 is 9.13 Å². The number of hydrogen-bond acceptors (Lipinski definition) is 2. The molecule has 0 saturated carbocycles. The molecule has 1 aromatic heterocycles. The molecular weight excluding hydrogens is 300 g/mol. The molecule has 2 aromatic carbocycles. The standard InChI is InChI=1S/C15H8Cl2FNO/c16-12-5-6-13(14-11(12)7-8-19-15(14)17)20-10-3-1-9(18)2-4-10/h1-8H. The van der Waals surface area contributed by atoms with Crippen LogP contribution in [-0.2, 0) is 0 Å². The SMILES string of the molecule is Fc1ccc(Oc2ccc(Cl)c3ccnc(Cl)c23)cc1. The van der Waals surface area contributed by atoms with Crippen LogP contribution in [0.5, 0.6) is 11.5 Å². The summed E-state index contributed by atoms with van der Waals surface area (Å²) in [5, 5.41) is 2.26. The van der Waals surface area contributed by atoms with Gasteiger partial charge in [-0.15, -0.1) is 0 Å². The number of fused-ring (bicyclic) bond motifs is 1. The third-order valence-electron chi connectivity index (χ3n) is 2.83. The Balaban J connectivity index is 2.12. The molecule has 100 valence electrons. The van der Waals surface area contributed by atoms with Gasteiger partial charge < -0.3 is 4.74 Å². The monoisotopic (exact) mass is 307 g/mol. The highest BCUT2D eigenvalue weighted by molar-refractivity contribution is 6.39. The van der Waals surface area contributed by atoms with E-state index in [1.54, 1.807) is 36.5 Å². The molecule has 0 aliphatic rings. The van der Waals surface area contributed by atoms with E-state index in [0.717, 1.165) is 5.39 Å². The van der Waals surface area contributed by atoms with E-state index in [2.05, 4.69) is 4.98 Å². The number of hydrogen-bond donors (Lipinski definition) is 0. The molecule has 3 aromatic rings. The molecule has 0 aliphatic heterocycles. The summed E-state index contributed by atoms with van der Waals surface area (Å²) in [4.78, 5) is 4.03. The molecule has 0 fully saturated rings. The topological polar surface area (TPSA) is 22.1 Å². The van der Waals surface area contributed by atoms with Gasteiger partial charge in [-0.3, -0.25) is 0 Å². The van der Waals surface area contributed by atoms with Gasteiger partial charge >= 0.3 is 0 Å². The van der Waals surface area contributed by atoms with E-state index < -0.39 is 0 Å². The quantitative estimate of drug-likeness (QED) is 0.585. The van der Waals surface area contributed by atoms with E-state index in [4.69, 9.17) is 27.9 Å². The van der Waals surface area contributed by atoms with Crippen molar-refractivity contribution in [1.82, 2.24) is 4.98 Å². The van der Waals surface area contributed by atoms with Gasteiger partial charge in [-0.25, -0.2) is 9.37 Å². The fourth-order valence-corrected chi connectivity index (χ4v) is 2.38. The van der Waals surface area contributed by atoms with Crippen molar-refractivity contribution >= 4 is 34.0 Å². The first-order valence-electron chi connectivity index (χ1n) is 5.81. The van der Waals surface area contributed by atoms with E-state index in [1.165, 1.54) is 12.1 Å². The fraction of sp³-hybridized carbons (Fsp3) is 0. The summed E-state index contributed by atoms with van der Waals surface area (Å²) in [5.74, 6) is 0.710. The Morgan fingerprint density at radius 1 is 0.950 bits per heavy atom. The lowest BCUT2D eigenvalue weighted by Gasteiger charge is -2.10. The highest BCUT2D eigenvalue weighted by Gasteiger charge is 2.11. The lowest BCUT2D eigenvalue weighted by atomic mass is 10.1. The molecule has 20 heavy (non-hydrogen) atoms. The molecule has 0 saturated heterocycles. The van der Waals surface area contributed by atoms with Crippen LogP contribution in [0.1, 0.15) is 0 Å². The van der Waals surface area contributed by atoms with Crippen molar-refractivity contribution in [3.05, 3.63) is 64.7 Å². The van der Waals surface area contributed by atoms with Gasteiger partial charge in [-0.1, -0.05) is 23.2 Å². The van der Waals surface area contributed by atoms with Crippen LogP contribution in [0, 0.1) is 5.82 Å². The second kappa shape index (κ2) is 5.27. The van der Waals surface area contributed by atoms with Crippen LogP contribution < -0.4 is 4.74 Å². The molecule has 2 nitrogen and oxygen atoms in total. The van der Waals surface area contributed by atoms with Gasteiger partial charge in [0.15, 0.2) is 0 Å². The Labute approximate surface area is 124 Å². The predicted octanol–water partition coefficient (Wildman–Crippen LogP) is 5.47. The van der Waals surface area contributed by atoms with E-state index in [9.17, 15) is 4.39 Å². The van der Waals surface area contributed by atoms with Crippen LogP contribution in [0.3, 0.4) is 0 Å². The van der Waals surface area contributed by atoms with Gasteiger partial charge in [-0.05, 0) is 42.5 Å². The number of aromatic nitrogens is 1. The maximum atomic E-state index is 12.9. The summed E-state index contributed by atoms with van der Waals surface area (Å²) >= 11 is 12.2. The van der Waals surface area contributed by atoms with Gasteiger partial charge in [-0.2, -0.15) is 0 Å². The number of benzene rings is 2. The summed E-state index contributed by atoms with van der Waals surface area (Å²) in [6.07, 6.45) is 1.58. The van der Waals surface area contributed by atoms with Crippen LogP contribution in [0.2, 0.25) is 10.2 Å². The Hall–Kier alpha value is -1.84. The Morgan fingerprint density at radius 3 is 2.45 bits per heavy atom. The summed E-state index contributed by atoms with van der Waals surface area (Å²) < 4.78 is 18.6. The van der Waals surface area contributed by atoms with Crippen molar-refractivity contribution in [2.24, 2.45) is 0 Å². The summed E-state index contributed by atoms with van der Waals surface area (Å²) in [7, 11) is 0. The van der Waals surface area contributed by atoms with Crippen molar-refractivity contribution in [3.8, 4) is 11.5 Å². The van der Waals surface area contributed by atoms with Crippen LogP contribution in [-0.4, -0.2) is 4.98 Å². The third kappa shape index (κ3) is 2.42. The molecule has 0 bridgehead atoms. The van der Waals surface area contributed by atoms with Crippen molar-refractivity contribution in [2.75, 3.05) is 0 Å². The highest BCUT2D eigenvalue weighted by Crippen LogP contribution is 2.37. The molecule has 0 N–H and O–H groups in total. The van der Waals surface area contributed by atoms with E-state index in [1.807, 2.05) is 0 Å². The lowest BCUT2D eigenvalue weighted by molar-refractivity contribution is 0.486. The number of halogens is 3.